The molecule has 0 aliphatic rings. The van der Waals surface area contributed by atoms with Crippen LogP contribution in [0.25, 0.3) is 11.3 Å². The highest BCUT2D eigenvalue weighted by Crippen LogP contribution is 2.22. The average molecular weight is 342 g/mol. The second-order valence-corrected chi connectivity index (χ2v) is 6.78. The van der Waals surface area contributed by atoms with Gasteiger partial charge in [0.05, 0.1) is 6.54 Å². The van der Waals surface area contributed by atoms with Gasteiger partial charge in [-0.2, -0.15) is 0 Å². The highest BCUT2D eigenvalue weighted by Gasteiger charge is 2.16. The molecule has 0 fully saturated rings. The summed E-state index contributed by atoms with van der Waals surface area (Å²) in [5.74, 6) is -0.115. The molecule has 132 valence electrons. The van der Waals surface area contributed by atoms with Gasteiger partial charge in [-0.25, -0.2) is 0 Å². The third kappa shape index (κ3) is 5.31. The van der Waals surface area contributed by atoms with Crippen LogP contribution in [-0.2, 0) is 4.79 Å². The fraction of sp³-hybridized carbons (Fsp3) is 0.316. The summed E-state index contributed by atoms with van der Waals surface area (Å²) in [6.45, 7) is 6.97. The summed E-state index contributed by atoms with van der Waals surface area (Å²) in [7, 11) is 0. The molecular formula is C19H22N2O4. The molecule has 2 aromatic rings. The van der Waals surface area contributed by atoms with Gasteiger partial charge in [0.2, 0.25) is 5.91 Å². The summed E-state index contributed by atoms with van der Waals surface area (Å²) in [4.78, 5) is 35.1. The van der Waals surface area contributed by atoms with E-state index in [-0.39, 0.29) is 29.5 Å². The van der Waals surface area contributed by atoms with Crippen molar-refractivity contribution in [2.75, 3.05) is 6.54 Å². The maximum absolute atomic E-state index is 12.1. The van der Waals surface area contributed by atoms with Crippen molar-refractivity contribution < 1.29 is 18.8 Å². The maximum atomic E-state index is 12.1. The Morgan fingerprint density at radius 2 is 1.64 bits per heavy atom. The summed E-state index contributed by atoms with van der Waals surface area (Å²) < 4.78 is 5.54. The Labute approximate surface area is 146 Å². The largest absolute Gasteiger partial charge is 0.451 e. The van der Waals surface area contributed by atoms with Crippen molar-refractivity contribution in [1.82, 2.24) is 10.6 Å². The van der Waals surface area contributed by atoms with Gasteiger partial charge in [-0.05, 0) is 39.8 Å². The first kappa shape index (κ1) is 18.4. The number of amides is 2. The number of benzene rings is 1. The van der Waals surface area contributed by atoms with Gasteiger partial charge in [0, 0.05) is 16.7 Å². The lowest BCUT2D eigenvalue weighted by atomic mass is 10.1. The summed E-state index contributed by atoms with van der Waals surface area (Å²) in [5, 5.41) is 5.28. The van der Waals surface area contributed by atoms with Gasteiger partial charge in [-0.1, -0.05) is 24.3 Å². The van der Waals surface area contributed by atoms with E-state index < -0.39 is 5.91 Å². The Kier molecular flexibility index (Phi) is 5.41. The Hall–Kier alpha value is -2.89. The Bertz CT molecular complexity index is 783. The monoisotopic (exact) mass is 342 g/mol. The molecule has 0 saturated heterocycles. The van der Waals surface area contributed by atoms with Gasteiger partial charge >= 0.3 is 0 Å². The molecule has 0 unspecified atom stereocenters. The summed E-state index contributed by atoms with van der Waals surface area (Å²) >= 11 is 0. The van der Waals surface area contributed by atoms with E-state index in [2.05, 4.69) is 10.6 Å². The molecule has 2 rings (SSSR count). The molecule has 0 aliphatic carbocycles. The molecular weight excluding hydrogens is 320 g/mol. The van der Waals surface area contributed by atoms with Gasteiger partial charge in [-0.3, -0.25) is 14.4 Å². The minimum atomic E-state index is -0.462. The predicted octanol–water partition coefficient (Wildman–Crippen LogP) is 2.79. The van der Waals surface area contributed by atoms with E-state index in [0.29, 0.717) is 11.3 Å². The number of hydrogen-bond donors (Lipinski definition) is 2. The van der Waals surface area contributed by atoms with Gasteiger partial charge < -0.3 is 15.1 Å². The van der Waals surface area contributed by atoms with E-state index >= 15 is 0 Å². The Balaban J connectivity index is 1.99. The van der Waals surface area contributed by atoms with E-state index in [1.165, 1.54) is 6.92 Å². The number of carbonyl (C=O) groups is 3. The maximum Gasteiger partial charge on any atom is 0.287 e. The highest BCUT2D eigenvalue weighted by molar-refractivity contribution is 5.95. The zero-order valence-electron chi connectivity index (χ0n) is 14.8. The molecule has 0 bridgehead atoms. The van der Waals surface area contributed by atoms with Gasteiger partial charge in [0.15, 0.2) is 11.5 Å². The van der Waals surface area contributed by atoms with Crippen molar-refractivity contribution in [2.24, 2.45) is 0 Å². The second-order valence-electron chi connectivity index (χ2n) is 6.78. The zero-order valence-corrected chi connectivity index (χ0v) is 14.8. The molecule has 6 heteroatoms. The molecule has 2 N–H and O–H groups in total. The lowest BCUT2D eigenvalue weighted by Gasteiger charge is -2.20. The Morgan fingerprint density at radius 1 is 1.00 bits per heavy atom. The number of carbonyl (C=O) groups excluding carboxylic acids is 3. The van der Waals surface area contributed by atoms with Crippen molar-refractivity contribution in [3.8, 4) is 11.3 Å². The first-order chi connectivity index (χ1) is 11.7. The smallest absolute Gasteiger partial charge is 0.287 e. The molecule has 0 saturated carbocycles. The molecule has 0 atom stereocenters. The lowest BCUT2D eigenvalue weighted by molar-refractivity contribution is -0.121. The second kappa shape index (κ2) is 7.34. The van der Waals surface area contributed by atoms with Crippen LogP contribution >= 0.6 is 0 Å². The molecule has 0 aliphatic heterocycles. The van der Waals surface area contributed by atoms with E-state index in [4.69, 9.17) is 4.42 Å². The highest BCUT2D eigenvalue weighted by atomic mass is 16.3. The number of Topliss-reactive ketones (excluding diaryl/α,β-unsaturated/α-hetero) is 1. The minimum absolute atomic E-state index is 0.0143. The molecule has 1 aromatic heterocycles. The van der Waals surface area contributed by atoms with Crippen molar-refractivity contribution in [1.29, 1.82) is 0 Å². The summed E-state index contributed by atoms with van der Waals surface area (Å²) in [6.07, 6.45) is 0. The average Bonchev–Trinajstić information content (AvgIpc) is 3.01. The molecule has 6 nitrogen and oxygen atoms in total. The fourth-order valence-electron chi connectivity index (χ4n) is 2.19. The van der Waals surface area contributed by atoms with Crippen molar-refractivity contribution in [3.05, 3.63) is 47.7 Å². The van der Waals surface area contributed by atoms with Gasteiger partial charge in [0.1, 0.15) is 5.76 Å². The lowest BCUT2D eigenvalue weighted by Crippen LogP contribution is -2.45. The molecule has 1 heterocycles. The quantitative estimate of drug-likeness (QED) is 0.818. The molecule has 0 spiro atoms. The Morgan fingerprint density at radius 3 is 2.20 bits per heavy atom. The van der Waals surface area contributed by atoms with E-state index in [1.54, 1.807) is 36.4 Å². The SMILES string of the molecule is CC(=O)c1ccc(-c2ccc(C(=O)NCC(=O)NC(C)(C)C)o2)cc1. The van der Waals surface area contributed by atoms with Crippen LogP contribution < -0.4 is 10.6 Å². The summed E-state index contributed by atoms with van der Waals surface area (Å²) in [5.41, 5.74) is 1.01. The molecule has 0 radical (unpaired) electrons. The van der Waals surface area contributed by atoms with Crippen molar-refractivity contribution in [3.63, 3.8) is 0 Å². The van der Waals surface area contributed by atoms with Crippen LogP contribution in [0.5, 0.6) is 0 Å². The summed E-state index contributed by atoms with van der Waals surface area (Å²) in [6, 6.07) is 10.1. The molecule has 25 heavy (non-hydrogen) atoms. The third-order valence-corrected chi connectivity index (χ3v) is 3.33. The standard InChI is InChI=1S/C19H22N2O4/c1-12(22)13-5-7-14(8-6-13)15-9-10-16(25-15)18(24)20-11-17(23)21-19(2,3)4/h5-10H,11H2,1-4H3,(H,20,24)(H,21,23). The first-order valence-electron chi connectivity index (χ1n) is 7.96. The van der Waals surface area contributed by atoms with Crippen LogP contribution in [0.4, 0.5) is 0 Å². The number of ketones is 1. The first-order valence-corrected chi connectivity index (χ1v) is 7.96. The van der Waals surface area contributed by atoms with Gasteiger partial charge in [0.25, 0.3) is 5.91 Å². The van der Waals surface area contributed by atoms with Crippen LogP contribution in [-0.4, -0.2) is 29.7 Å². The van der Waals surface area contributed by atoms with Crippen molar-refractivity contribution >= 4 is 17.6 Å². The van der Waals surface area contributed by atoms with Crippen LogP contribution in [0.3, 0.4) is 0 Å². The number of hydrogen-bond acceptors (Lipinski definition) is 4. The van der Waals surface area contributed by atoms with Gasteiger partial charge in [-0.15, -0.1) is 0 Å². The third-order valence-electron chi connectivity index (χ3n) is 3.33. The normalized spacial score (nSPS) is 11.0. The fourth-order valence-corrected chi connectivity index (χ4v) is 2.19. The van der Waals surface area contributed by atoms with Crippen LogP contribution in [0.2, 0.25) is 0 Å². The number of nitrogens with one attached hydrogen (secondary N) is 2. The van der Waals surface area contributed by atoms with E-state index in [1.807, 2.05) is 20.8 Å². The number of rotatable bonds is 5. The van der Waals surface area contributed by atoms with Crippen LogP contribution in [0.15, 0.2) is 40.8 Å². The minimum Gasteiger partial charge on any atom is -0.451 e. The topological polar surface area (TPSA) is 88.4 Å². The van der Waals surface area contributed by atoms with E-state index in [9.17, 15) is 14.4 Å². The van der Waals surface area contributed by atoms with Crippen LogP contribution in [0, 0.1) is 0 Å². The predicted molar refractivity (Wildman–Crippen MR) is 94.4 cm³/mol. The molecule has 1 aromatic carbocycles. The molecule has 2 amide bonds. The number of furan rings is 1. The van der Waals surface area contributed by atoms with E-state index in [0.717, 1.165) is 5.56 Å². The van der Waals surface area contributed by atoms with Crippen LogP contribution in [0.1, 0.15) is 48.6 Å². The van der Waals surface area contributed by atoms with Crippen molar-refractivity contribution in [2.45, 2.75) is 33.2 Å². The zero-order chi connectivity index (χ0) is 18.6.